The van der Waals surface area contributed by atoms with Gasteiger partial charge < -0.3 is 14.8 Å². The van der Waals surface area contributed by atoms with E-state index in [4.69, 9.17) is 9.47 Å². The summed E-state index contributed by atoms with van der Waals surface area (Å²) in [6.07, 6.45) is 4.44. The number of amides is 1. The Bertz CT molecular complexity index is 213. The second-order valence-electron chi connectivity index (χ2n) is 4.85. The van der Waals surface area contributed by atoms with Gasteiger partial charge in [0, 0.05) is 19.6 Å². The van der Waals surface area contributed by atoms with Crippen LogP contribution in [-0.2, 0) is 14.3 Å². The topological polar surface area (TPSA) is 47.6 Å². The molecule has 0 radical (unpaired) electrons. The van der Waals surface area contributed by atoms with Gasteiger partial charge in [0.25, 0.3) is 0 Å². The molecule has 17 heavy (non-hydrogen) atoms. The van der Waals surface area contributed by atoms with E-state index in [2.05, 4.69) is 12.2 Å². The van der Waals surface area contributed by atoms with Crippen molar-refractivity contribution in [3.63, 3.8) is 0 Å². The quantitative estimate of drug-likeness (QED) is 0.691. The van der Waals surface area contributed by atoms with E-state index in [1.807, 2.05) is 0 Å². The van der Waals surface area contributed by atoms with E-state index in [0.29, 0.717) is 26.4 Å². The maximum atomic E-state index is 11.8. The molecule has 1 aliphatic rings. The number of hydrogen-bond donors (Lipinski definition) is 1. The number of hydrogen-bond acceptors (Lipinski definition) is 3. The molecule has 0 aromatic heterocycles. The molecule has 1 fully saturated rings. The molecule has 4 nitrogen and oxygen atoms in total. The average molecular weight is 243 g/mol. The van der Waals surface area contributed by atoms with Crippen molar-refractivity contribution in [2.45, 2.75) is 32.6 Å². The molecule has 0 aromatic carbocycles. The second kappa shape index (κ2) is 8.48. The summed E-state index contributed by atoms with van der Waals surface area (Å²) in [6, 6.07) is 0. The van der Waals surface area contributed by atoms with Crippen LogP contribution < -0.4 is 5.32 Å². The minimum absolute atomic E-state index is 0.201. The van der Waals surface area contributed by atoms with Gasteiger partial charge in [0.05, 0.1) is 19.8 Å². The van der Waals surface area contributed by atoms with Crippen molar-refractivity contribution in [2.24, 2.45) is 11.8 Å². The number of ether oxygens (including phenoxy) is 2. The highest BCUT2D eigenvalue weighted by atomic mass is 16.5. The molecule has 0 bridgehead atoms. The van der Waals surface area contributed by atoms with Gasteiger partial charge in [-0.15, -0.1) is 0 Å². The van der Waals surface area contributed by atoms with E-state index >= 15 is 0 Å². The molecule has 1 amide bonds. The Morgan fingerprint density at radius 1 is 1.18 bits per heavy atom. The lowest BCUT2D eigenvalue weighted by molar-refractivity contribution is -0.126. The summed E-state index contributed by atoms with van der Waals surface area (Å²) in [5.41, 5.74) is 0. The Kier molecular flexibility index (Phi) is 7.21. The third-order valence-electron chi connectivity index (χ3n) is 3.36. The lowest BCUT2D eigenvalue weighted by Crippen LogP contribution is -2.35. The van der Waals surface area contributed by atoms with Crippen molar-refractivity contribution in [1.82, 2.24) is 5.32 Å². The molecule has 0 aromatic rings. The standard InChI is InChI=1S/C13H25NO3/c1-11-3-5-12(6-4-11)13(15)14-7-8-17-10-9-16-2/h11-12H,3-10H2,1-2H3,(H,14,15). The normalized spacial score (nSPS) is 24.6. The summed E-state index contributed by atoms with van der Waals surface area (Å²) >= 11 is 0. The van der Waals surface area contributed by atoms with Crippen LogP contribution in [0.15, 0.2) is 0 Å². The Labute approximate surface area is 104 Å². The predicted octanol–water partition coefficient (Wildman–Crippen LogP) is 1.59. The Balaban J connectivity index is 2.01. The van der Waals surface area contributed by atoms with Crippen LogP contribution in [0.2, 0.25) is 0 Å². The second-order valence-corrected chi connectivity index (χ2v) is 4.85. The fourth-order valence-electron chi connectivity index (χ4n) is 2.16. The molecule has 1 saturated carbocycles. The minimum Gasteiger partial charge on any atom is -0.382 e. The van der Waals surface area contributed by atoms with Crippen LogP contribution in [-0.4, -0.2) is 39.4 Å². The fraction of sp³-hybridized carbons (Fsp3) is 0.923. The fourth-order valence-corrected chi connectivity index (χ4v) is 2.16. The molecule has 0 spiro atoms. The van der Waals surface area contributed by atoms with E-state index in [1.165, 1.54) is 12.8 Å². The molecular weight excluding hydrogens is 218 g/mol. The average Bonchev–Trinajstić information content (AvgIpc) is 2.34. The van der Waals surface area contributed by atoms with Gasteiger partial charge in [0.1, 0.15) is 0 Å². The minimum atomic E-state index is 0.201. The number of nitrogens with one attached hydrogen (secondary N) is 1. The van der Waals surface area contributed by atoms with E-state index in [-0.39, 0.29) is 11.8 Å². The van der Waals surface area contributed by atoms with E-state index in [0.717, 1.165) is 18.8 Å². The SMILES string of the molecule is COCCOCCNC(=O)C1CCC(C)CC1. The third-order valence-corrected chi connectivity index (χ3v) is 3.36. The summed E-state index contributed by atoms with van der Waals surface area (Å²) in [5, 5.41) is 2.94. The van der Waals surface area contributed by atoms with Crippen LogP contribution in [0.3, 0.4) is 0 Å². The molecule has 1 N–H and O–H groups in total. The Morgan fingerprint density at radius 3 is 2.53 bits per heavy atom. The van der Waals surface area contributed by atoms with E-state index in [1.54, 1.807) is 7.11 Å². The van der Waals surface area contributed by atoms with E-state index < -0.39 is 0 Å². The summed E-state index contributed by atoms with van der Waals surface area (Å²) in [5.74, 6) is 1.22. The molecule has 100 valence electrons. The predicted molar refractivity (Wildman–Crippen MR) is 66.8 cm³/mol. The maximum Gasteiger partial charge on any atom is 0.223 e. The van der Waals surface area contributed by atoms with Crippen molar-refractivity contribution in [3.05, 3.63) is 0 Å². The van der Waals surface area contributed by atoms with Crippen molar-refractivity contribution < 1.29 is 14.3 Å². The highest BCUT2D eigenvalue weighted by Crippen LogP contribution is 2.28. The van der Waals surface area contributed by atoms with Gasteiger partial charge in [-0.3, -0.25) is 4.79 Å². The van der Waals surface area contributed by atoms with Crippen LogP contribution in [0.1, 0.15) is 32.6 Å². The first kappa shape index (κ1) is 14.5. The summed E-state index contributed by atoms with van der Waals surface area (Å²) in [7, 11) is 1.65. The number of methoxy groups -OCH3 is 1. The van der Waals surface area contributed by atoms with Crippen LogP contribution in [0.25, 0.3) is 0 Å². The highest BCUT2D eigenvalue weighted by Gasteiger charge is 2.23. The van der Waals surface area contributed by atoms with Gasteiger partial charge in [-0.2, -0.15) is 0 Å². The first-order chi connectivity index (χ1) is 8.24. The van der Waals surface area contributed by atoms with Crippen LogP contribution in [0.5, 0.6) is 0 Å². The first-order valence-electron chi connectivity index (χ1n) is 6.58. The number of carbonyl (C=O) groups excluding carboxylic acids is 1. The van der Waals surface area contributed by atoms with E-state index in [9.17, 15) is 4.79 Å². The lowest BCUT2D eigenvalue weighted by Gasteiger charge is -2.25. The van der Waals surface area contributed by atoms with Gasteiger partial charge >= 0.3 is 0 Å². The third kappa shape index (κ3) is 6.03. The molecular formula is C13H25NO3. The van der Waals surface area contributed by atoms with Crippen LogP contribution >= 0.6 is 0 Å². The van der Waals surface area contributed by atoms with Gasteiger partial charge in [-0.25, -0.2) is 0 Å². The smallest absolute Gasteiger partial charge is 0.223 e. The summed E-state index contributed by atoms with van der Waals surface area (Å²) in [4.78, 5) is 11.8. The molecule has 1 aliphatic carbocycles. The molecule has 4 heteroatoms. The molecule has 0 aliphatic heterocycles. The zero-order valence-corrected chi connectivity index (χ0v) is 11.0. The number of carbonyl (C=O) groups is 1. The zero-order valence-electron chi connectivity index (χ0n) is 11.0. The Morgan fingerprint density at radius 2 is 1.88 bits per heavy atom. The first-order valence-corrected chi connectivity index (χ1v) is 6.58. The zero-order chi connectivity index (χ0) is 12.5. The van der Waals surface area contributed by atoms with Gasteiger partial charge in [-0.1, -0.05) is 6.92 Å². The largest absolute Gasteiger partial charge is 0.382 e. The highest BCUT2D eigenvalue weighted by molar-refractivity contribution is 5.78. The molecule has 0 saturated heterocycles. The monoisotopic (exact) mass is 243 g/mol. The van der Waals surface area contributed by atoms with Crippen LogP contribution in [0, 0.1) is 11.8 Å². The van der Waals surface area contributed by atoms with Gasteiger partial charge in [0.15, 0.2) is 0 Å². The van der Waals surface area contributed by atoms with Crippen molar-refractivity contribution in [3.8, 4) is 0 Å². The van der Waals surface area contributed by atoms with Crippen molar-refractivity contribution in [1.29, 1.82) is 0 Å². The molecule has 1 rings (SSSR count). The van der Waals surface area contributed by atoms with Gasteiger partial charge in [0.2, 0.25) is 5.91 Å². The van der Waals surface area contributed by atoms with Crippen molar-refractivity contribution >= 4 is 5.91 Å². The van der Waals surface area contributed by atoms with Crippen molar-refractivity contribution in [2.75, 3.05) is 33.5 Å². The van der Waals surface area contributed by atoms with Gasteiger partial charge in [-0.05, 0) is 31.6 Å². The molecule has 0 unspecified atom stereocenters. The molecule has 0 atom stereocenters. The van der Waals surface area contributed by atoms with Crippen LogP contribution in [0.4, 0.5) is 0 Å². The Hall–Kier alpha value is -0.610. The maximum absolute atomic E-state index is 11.8. The molecule has 0 heterocycles. The summed E-state index contributed by atoms with van der Waals surface area (Å²) in [6.45, 7) is 4.63. The lowest BCUT2D eigenvalue weighted by atomic mass is 9.82. The number of rotatable bonds is 7. The summed E-state index contributed by atoms with van der Waals surface area (Å²) < 4.78 is 10.2.